The molecule has 0 aromatic heterocycles. The summed E-state index contributed by atoms with van der Waals surface area (Å²) in [5.41, 5.74) is 3.14. The standard InChI is InChI=1S/C15H12N6O5S2/c16-28(25,26)10-3-1-2-8(6-10)17-15(27)20-19-13-11-7-9(21(23)24)4-5-12(11)18-14(13)22/h1-7H,(H2,16,25,26)(H2,17,20,27)(H,18,19,22). The number of sulfonamides is 1. The second-order valence-corrected chi connectivity index (χ2v) is 7.51. The zero-order valence-corrected chi connectivity index (χ0v) is 15.5. The maximum Gasteiger partial charge on any atom is 0.276 e. The van der Waals surface area contributed by atoms with Crippen molar-refractivity contribution >= 4 is 56.0 Å². The van der Waals surface area contributed by atoms with Gasteiger partial charge in [0.1, 0.15) is 0 Å². The second kappa shape index (κ2) is 7.30. The fraction of sp³-hybridized carbons (Fsp3) is 0. The Morgan fingerprint density at radius 2 is 2.00 bits per heavy atom. The summed E-state index contributed by atoms with van der Waals surface area (Å²) in [5, 5.41) is 25.1. The topological polar surface area (TPSA) is 169 Å². The summed E-state index contributed by atoms with van der Waals surface area (Å²) in [6, 6.07) is 9.51. The number of carbonyl (C=O) groups is 1. The molecular weight excluding hydrogens is 408 g/mol. The fourth-order valence-electron chi connectivity index (χ4n) is 2.38. The molecule has 1 aliphatic heterocycles. The van der Waals surface area contributed by atoms with Gasteiger partial charge in [-0.25, -0.2) is 13.6 Å². The third-order valence-electron chi connectivity index (χ3n) is 3.62. The van der Waals surface area contributed by atoms with E-state index < -0.39 is 20.9 Å². The van der Waals surface area contributed by atoms with Crippen LogP contribution in [0.3, 0.4) is 0 Å². The van der Waals surface area contributed by atoms with E-state index in [2.05, 4.69) is 21.2 Å². The Labute approximate surface area is 163 Å². The number of nitrogens with one attached hydrogen (secondary N) is 3. The first-order chi connectivity index (χ1) is 13.1. The van der Waals surface area contributed by atoms with Crippen LogP contribution in [0.4, 0.5) is 17.1 Å². The van der Waals surface area contributed by atoms with Crippen LogP contribution in [0.5, 0.6) is 0 Å². The number of nitro groups is 1. The van der Waals surface area contributed by atoms with Crippen LogP contribution in [0.2, 0.25) is 0 Å². The van der Waals surface area contributed by atoms with E-state index in [1.807, 2.05) is 0 Å². The summed E-state index contributed by atoms with van der Waals surface area (Å²) in [7, 11) is -3.88. The third kappa shape index (κ3) is 4.11. The maximum atomic E-state index is 12.0. The Balaban J connectivity index is 1.78. The molecule has 3 rings (SSSR count). The Morgan fingerprint density at radius 3 is 2.68 bits per heavy atom. The number of nitrogens with two attached hydrogens (primary N) is 1. The fourth-order valence-corrected chi connectivity index (χ4v) is 3.11. The van der Waals surface area contributed by atoms with Gasteiger partial charge < -0.3 is 10.6 Å². The van der Waals surface area contributed by atoms with Crippen molar-refractivity contribution in [3.8, 4) is 0 Å². The highest BCUT2D eigenvalue weighted by Gasteiger charge is 2.28. The number of nitro benzene ring substituents is 1. The van der Waals surface area contributed by atoms with Crippen molar-refractivity contribution < 1.29 is 18.1 Å². The molecule has 144 valence electrons. The smallest absolute Gasteiger partial charge is 0.276 e. The number of hydrogen-bond donors (Lipinski definition) is 4. The molecule has 0 spiro atoms. The highest BCUT2D eigenvalue weighted by molar-refractivity contribution is 7.89. The van der Waals surface area contributed by atoms with E-state index >= 15 is 0 Å². The van der Waals surface area contributed by atoms with Crippen LogP contribution >= 0.6 is 12.2 Å². The van der Waals surface area contributed by atoms with Crippen molar-refractivity contribution in [3.05, 3.63) is 58.1 Å². The molecule has 2 aromatic rings. The van der Waals surface area contributed by atoms with Gasteiger partial charge in [-0.15, -0.1) is 0 Å². The number of hydrogen-bond acceptors (Lipinski definition) is 7. The van der Waals surface area contributed by atoms with Gasteiger partial charge in [0.05, 0.1) is 15.5 Å². The molecule has 0 atom stereocenters. The number of carbonyl (C=O) groups excluding carboxylic acids is 1. The Morgan fingerprint density at radius 1 is 1.25 bits per heavy atom. The largest absolute Gasteiger partial charge is 0.331 e. The van der Waals surface area contributed by atoms with E-state index in [9.17, 15) is 23.3 Å². The molecule has 2 aromatic carbocycles. The third-order valence-corrected chi connectivity index (χ3v) is 4.73. The number of fused-ring (bicyclic) bond motifs is 1. The molecule has 0 saturated heterocycles. The average Bonchev–Trinajstić information content (AvgIpc) is 2.93. The lowest BCUT2D eigenvalue weighted by atomic mass is 10.1. The van der Waals surface area contributed by atoms with Crippen LogP contribution in [-0.4, -0.2) is 30.1 Å². The zero-order chi connectivity index (χ0) is 20.5. The summed E-state index contributed by atoms with van der Waals surface area (Å²) in [5.74, 6) is -0.554. The van der Waals surface area contributed by atoms with E-state index in [0.717, 1.165) is 0 Å². The molecule has 0 unspecified atom stereocenters. The van der Waals surface area contributed by atoms with Crippen molar-refractivity contribution in [2.45, 2.75) is 4.90 Å². The molecule has 0 radical (unpaired) electrons. The van der Waals surface area contributed by atoms with Crippen molar-refractivity contribution in [1.29, 1.82) is 0 Å². The predicted molar refractivity (Wildman–Crippen MR) is 105 cm³/mol. The lowest BCUT2D eigenvalue weighted by Crippen LogP contribution is -2.27. The van der Waals surface area contributed by atoms with Crippen LogP contribution in [0.15, 0.2) is 52.5 Å². The van der Waals surface area contributed by atoms with E-state index in [4.69, 9.17) is 17.4 Å². The minimum atomic E-state index is -3.88. The molecule has 13 heteroatoms. The molecule has 1 aliphatic rings. The minimum absolute atomic E-state index is 0.0363. The Kier molecular flexibility index (Phi) is 5.04. The lowest BCUT2D eigenvalue weighted by molar-refractivity contribution is -0.384. The van der Waals surface area contributed by atoms with Gasteiger partial charge in [0.2, 0.25) is 10.0 Å². The molecule has 0 bridgehead atoms. The SMILES string of the molecule is NS(=O)(=O)c1cccc(NC(=S)NN=C2C(=O)Nc3ccc([N+](=O)[O-])cc32)c1. The van der Waals surface area contributed by atoms with Crippen LogP contribution in [-0.2, 0) is 14.8 Å². The molecule has 0 aliphatic carbocycles. The summed E-state index contributed by atoms with van der Waals surface area (Å²) in [6.07, 6.45) is 0. The average molecular weight is 420 g/mol. The number of benzene rings is 2. The van der Waals surface area contributed by atoms with Crippen molar-refractivity contribution in [2.75, 3.05) is 10.6 Å². The zero-order valence-electron chi connectivity index (χ0n) is 13.9. The summed E-state index contributed by atoms with van der Waals surface area (Å²) in [4.78, 5) is 22.3. The molecule has 1 heterocycles. The second-order valence-electron chi connectivity index (χ2n) is 5.54. The number of nitrogens with zero attached hydrogens (tertiary/aromatic N) is 2. The van der Waals surface area contributed by atoms with E-state index in [-0.39, 0.29) is 27.0 Å². The molecule has 0 saturated carbocycles. The number of rotatable bonds is 4. The highest BCUT2D eigenvalue weighted by atomic mass is 32.2. The first kappa shape index (κ1) is 19.3. The number of primary sulfonamides is 1. The summed E-state index contributed by atoms with van der Waals surface area (Å²) in [6.45, 7) is 0. The van der Waals surface area contributed by atoms with Gasteiger partial charge in [-0.3, -0.25) is 20.3 Å². The van der Waals surface area contributed by atoms with Crippen LogP contribution in [0.25, 0.3) is 0 Å². The normalized spacial score (nSPS) is 14.3. The van der Waals surface area contributed by atoms with Crippen LogP contribution in [0, 0.1) is 10.1 Å². The molecule has 0 fully saturated rings. The number of anilines is 2. The van der Waals surface area contributed by atoms with Gasteiger partial charge in [-0.05, 0) is 36.5 Å². The molecule has 5 N–H and O–H groups in total. The van der Waals surface area contributed by atoms with E-state index in [0.29, 0.717) is 11.4 Å². The molecule has 1 amide bonds. The Bertz CT molecular complexity index is 1150. The monoisotopic (exact) mass is 420 g/mol. The molecule has 28 heavy (non-hydrogen) atoms. The Hall–Kier alpha value is -3.42. The quantitative estimate of drug-likeness (QED) is 0.321. The van der Waals surface area contributed by atoms with Gasteiger partial charge in [0, 0.05) is 23.4 Å². The summed E-state index contributed by atoms with van der Waals surface area (Å²) < 4.78 is 22.8. The number of thiocarbonyl (C=S) groups is 1. The molecular formula is C15H12N6O5S2. The lowest BCUT2D eigenvalue weighted by Gasteiger charge is -2.08. The number of non-ortho nitro benzene ring substituents is 1. The van der Waals surface area contributed by atoms with Gasteiger partial charge >= 0.3 is 0 Å². The van der Waals surface area contributed by atoms with Gasteiger partial charge in [-0.1, -0.05) is 6.07 Å². The van der Waals surface area contributed by atoms with Crippen molar-refractivity contribution in [3.63, 3.8) is 0 Å². The number of amides is 1. The maximum absolute atomic E-state index is 12.0. The van der Waals surface area contributed by atoms with Crippen LogP contribution in [0.1, 0.15) is 5.56 Å². The predicted octanol–water partition coefficient (Wildman–Crippen LogP) is 0.885. The molecule has 11 nitrogen and oxygen atoms in total. The van der Waals surface area contributed by atoms with Gasteiger partial charge in [-0.2, -0.15) is 5.10 Å². The van der Waals surface area contributed by atoms with Crippen molar-refractivity contribution in [2.24, 2.45) is 10.2 Å². The first-order valence-corrected chi connectivity index (χ1v) is 9.48. The van der Waals surface area contributed by atoms with E-state index in [1.54, 1.807) is 6.07 Å². The highest BCUT2D eigenvalue weighted by Crippen LogP contribution is 2.27. The van der Waals surface area contributed by atoms with E-state index in [1.165, 1.54) is 36.4 Å². The van der Waals surface area contributed by atoms with Gasteiger partial charge in [0.25, 0.3) is 11.6 Å². The number of hydrazone groups is 1. The minimum Gasteiger partial charge on any atom is -0.331 e. The van der Waals surface area contributed by atoms with Gasteiger partial charge in [0.15, 0.2) is 10.8 Å². The first-order valence-electron chi connectivity index (χ1n) is 7.53. The van der Waals surface area contributed by atoms with Crippen molar-refractivity contribution in [1.82, 2.24) is 5.43 Å². The summed E-state index contributed by atoms with van der Waals surface area (Å²) >= 11 is 5.06. The van der Waals surface area contributed by atoms with Crippen LogP contribution < -0.4 is 21.2 Å².